The van der Waals surface area contributed by atoms with Crippen LogP contribution in [0.25, 0.3) is 11.4 Å². The summed E-state index contributed by atoms with van der Waals surface area (Å²) in [4.78, 5) is 19.1. The second kappa shape index (κ2) is 10.9. The monoisotopic (exact) mass is 492 g/mol. The van der Waals surface area contributed by atoms with Crippen LogP contribution in [0.5, 0.6) is 11.5 Å². The summed E-state index contributed by atoms with van der Waals surface area (Å²) in [6, 6.07) is 9.78. The number of aromatic nitrogens is 3. The number of hydrogen-bond acceptors (Lipinski definition) is 8. The van der Waals surface area contributed by atoms with Crippen molar-refractivity contribution >= 4 is 5.82 Å². The van der Waals surface area contributed by atoms with E-state index in [1.165, 1.54) is 0 Å². The van der Waals surface area contributed by atoms with Crippen LogP contribution in [0, 0.1) is 0 Å². The Morgan fingerprint density at radius 2 is 1.83 bits per heavy atom. The first kappa shape index (κ1) is 24.5. The fourth-order valence-corrected chi connectivity index (χ4v) is 5.81. The van der Waals surface area contributed by atoms with E-state index in [-0.39, 0.29) is 24.1 Å². The molecule has 3 aromatic rings. The largest absolute Gasteiger partial charge is 0.508 e. The van der Waals surface area contributed by atoms with Crippen LogP contribution in [0.3, 0.4) is 0 Å². The van der Waals surface area contributed by atoms with Crippen LogP contribution < -0.4 is 4.90 Å². The van der Waals surface area contributed by atoms with Crippen LogP contribution in [0.1, 0.15) is 37.8 Å². The van der Waals surface area contributed by atoms with E-state index in [4.69, 9.17) is 0 Å². The number of rotatable bonds is 7. The van der Waals surface area contributed by atoms with Crippen molar-refractivity contribution in [2.24, 2.45) is 0 Å². The van der Waals surface area contributed by atoms with Gasteiger partial charge in [-0.3, -0.25) is 9.80 Å². The maximum atomic E-state index is 10.7. The third-order valence-electron chi connectivity index (χ3n) is 7.78. The van der Waals surface area contributed by atoms with E-state index in [2.05, 4.69) is 36.6 Å². The number of phenolic OH excluding ortho intramolecular Hbond substituents is 1. The van der Waals surface area contributed by atoms with Gasteiger partial charge in [0.25, 0.3) is 0 Å². The Balaban J connectivity index is 1.21. The van der Waals surface area contributed by atoms with Crippen molar-refractivity contribution in [1.82, 2.24) is 24.8 Å². The van der Waals surface area contributed by atoms with Gasteiger partial charge in [-0.2, -0.15) is 0 Å². The minimum atomic E-state index is -0.0384. The number of anilines is 1. The Hall–Kier alpha value is -3.14. The quantitative estimate of drug-likeness (QED) is 0.398. The minimum Gasteiger partial charge on any atom is -0.508 e. The van der Waals surface area contributed by atoms with Crippen molar-refractivity contribution in [3.8, 4) is 22.9 Å². The third kappa shape index (κ3) is 5.04. The molecular weight excluding hydrogens is 456 g/mol. The Bertz CT molecular complexity index is 1120. The van der Waals surface area contributed by atoms with Crippen molar-refractivity contribution < 1.29 is 15.3 Å². The van der Waals surface area contributed by atoms with Crippen molar-refractivity contribution in [3.05, 3.63) is 54.5 Å². The second-order valence-corrected chi connectivity index (χ2v) is 9.81. The summed E-state index contributed by atoms with van der Waals surface area (Å²) >= 11 is 0. The smallest absolute Gasteiger partial charge is 0.171 e. The molecule has 0 radical (unpaired) electrons. The summed E-state index contributed by atoms with van der Waals surface area (Å²) in [6.45, 7) is 6.77. The van der Waals surface area contributed by atoms with Crippen LogP contribution in [-0.2, 0) is 0 Å². The summed E-state index contributed by atoms with van der Waals surface area (Å²) < 4.78 is 0. The number of aromatic hydroxyl groups is 2. The number of imidazole rings is 1. The zero-order chi connectivity index (χ0) is 25.1. The summed E-state index contributed by atoms with van der Waals surface area (Å²) in [5.74, 6) is 1.76. The zero-order valence-corrected chi connectivity index (χ0v) is 20.8. The number of piperidine rings is 1. The van der Waals surface area contributed by atoms with Gasteiger partial charge in [-0.25, -0.2) is 9.97 Å². The van der Waals surface area contributed by atoms with Gasteiger partial charge >= 0.3 is 0 Å². The molecule has 9 heteroatoms. The first-order valence-electron chi connectivity index (χ1n) is 12.9. The van der Waals surface area contributed by atoms with Crippen LogP contribution in [0.15, 0.2) is 48.9 Å². The topological polar surface area (TPSA) is 112 Å². The Morgan fingerprint density at radius 1 is 1.06 bits per heavy atom. The van der Waals surface area contributed by atoms with Crippen molar-refractivity contribution in [1.29, 1.82) is 0 Å². The van der Waals surface area contributed by atoms with Gasteiger partial charge in [0.05, 0.1) is 12.6 Å². The van der Waals surface area contributed by atoms with Crippen LogP contribution in [-0.4, -0.2) is 91.5 Å². The van der Waals surface area contributed by atoms with Crippen molar-refractivity contribution in [3.63, 3.8) is 0 Å². The number of phenols is 1. The molecular formula is C27H36N6O3. The Kier molecular flexibility index (Phi) is 7.41. The number of H-pyrrole nitrogens is 1. The molecule has 2 atom stereocenters. The predicted octanol–water partition coefficient (Wildman–Crippen LogP) is 2.98. The van der Waals surface area contributed by atoms with E-state index >= 15 is 0 Å². The number of hydrogen-bond donors (Lipinski definition) is 4. The number of benzene rings is 1. The predicted molar refractivity (Wildman–Crippen MR) is 139 cm³/mol. The third-order valence-corrected chi connectivity index (χ3v) is 7.78. The van der Waals surface area contributed by atoms with Gasteiger partial charge < -0.3 is 25.2 Å². The van der Waals surface area contributed by atoms with Crippen molar-refractivity contribution in [2.45, 2.75) is 44.3 Å². The van der Waals surface area contributed by atoms with Gasteiger partial charge in [-0.1, -0.05) is 19.1 Å². The molecule has 2 aliphatic rings. The van der Waals surface area contributed by atoms with Gasteiger partial charge in [0.2, 0.25) is 0 Å². The van der Waals surface area contributed by atoms with E-state index in [9.17, 15) is 15.3 Å². The highest BCUT2D eigenvalue weighted by Gasteiger charge is 2.35. The fourth-order valence-electron chi connectivity index (χ4n) is 5.81. The van der Waals surface area contributed by atoms with E-state index in [0.717, 1.165) is 63.1 Å². The number of aromatic amines is 1. The number of likely N-dealkylation sites (tertiary alicyclic amines) is 1. The molecule has 0 aliphatic carbocycles. The molecule has 2 saturated heterocycles. The molecule has 0 bridgehead atoms. The number of nitrogens with zero attached hydrogens (tertiary/aromatic N) is 5. The van der Waals surface area contributed by atoms with Gasteiger partial charge in [0, 0.05) is 69.0 Å². The van der Waals surface area contributed by atoms with Gasteiger partial charge in [0.1, 0.15) is 11.6 Å². The molecule has 1 aromatic carbocycles. The summed E-state index contributed by atoms with van der Waals surface area (Å²) in [6.07, 6.45) is 8.37. The lowest BCUT2D eigenvalue weighted by Gasteiger charge is -2.48. The SMILES string of the molecule is CCC1CN(c2ncc(-c3ncc[nH]3)cc2O)CCN1C1CCN([C@@H](CO)c2ccc(O)cc2)CC1. The average molecular weight is 493 g/mol. The molecule has 9 nitrogen and oxygen atoms in total. The molecule has 36 heavy (non-hydrogen) atoms. The molecule has 192 valence electrons. The van der Waals surface area contributed by atoms with Crippen molar-refractivity contribution in [2.75, 3.05) is 44.2 Å². The van der Waals surface area contributed by atoms with E-state index in [1.807, 2.05) is 12.1 Å². The second-order valence-electron chi connectivity index (χ2n) is 9.81. The minimum absolute atomic E-state index is 0.0384. The maximum Gasteiger partial charge on any atom is 0.171 e. The molecule has 0 saturated carbocycles. The number of piperazine rings is 1. The summed E-state index contributed by atoms with van der Waals surface area (Å²) in [5.41, 5.74) is 1.81. The lowest BCUT2D eigenvalue weighted by molar-refractivity contribution is 0.0355. The highest BCUT2D eigenvalue weighted by atomic mass is 16.3. The fraction of sp³-hybridized carbons (Fsp3) is 0.481. The molecule has 4 N–H and O–H groups in total. The number of aliphatic hydroxyl groups is 1. The first-order chi connectivity index (χ1) is 17.6. The maximum absolute atomic E-state index is 10.7. The van der Waals surface area contributed by atoms with Crippen LogP contribution in [0.2, 0.25) is 0 Å². The summed E-state index contributed by atoms with van der Waals surface area (Å²) in [5, 5.41) is 30.4. The summed E-state index contributed by atoms with van der Waals surface area (Å²) in [7, 11) is 0. The number of pyridine rings is 1. The number of aliphatic hydroxyl groups excluding tert-OH is 1. The molecule has 5 rings (SSSR count). The zero-order valence-electron chi connectivity index (χ0n) is 20.8. The van der Waals surface area contributed by atoms with Crippen LogP contribution >= 0.6 is 0 Å². The Labute approximate surface area is 212 Å². The van der Waals surface area contributed by atoms with Gasteiger partial charge in [-0.05, 0) is 43.0 Å². The molecule has 2 fully saturated rings. The Morgan fingerprint density at radius 3 is 2.47 bits per heavy atom. The molecule has 2 aromatic heterocycles. The normalized spacial score (nSPS) is 21.1. The molecule has 1 unspecified atom stereocenters. The van der Waals surface area contributed by atoms with Gasteiger partial charge in [0.15, 0.2) is 11.6 Å². The van der Waals surface area contributed by atoms with E-state index in [1.54, 1.807) is 36.8 Å². The molecule has 4 heterocycles. The molecule has 0 spiro atoms. The number of nitrogens with one attached hydrogen (secondary N) is 1. The highest BCUT2D eigenvalue weighted by Crippen LogP contribution is 2.33. The molecule has 2 aliphatic heterocycles. The molecule has 0 amide bonds. The van der Waals surface area contributed by atoms with Crippen LogP contribution in [0.4, 0.5) is 5.82 Å². The average Bonchev–Trinajstić information content (AvgIpc) is 3.45. The lowest BCUT2D eigenvalue weighted by Crippen LogP contribution is -2.58. The first-order valence-corrected chi connectivity index (χ1v) is 12.9. The van der Waals surface area contributed by atoms with Gasteiger partial charge in [-0.15, -0.1) is 0 Å². The van der Waals surface area contributed by atoms with E-state index in [0.29, 0.717) is 23.7 Å². The standard InChI is InChI=1S/C27H36N6O3/c1-2-21-17-32(27-25(36)15-20(16-30-27)26-28-9-10-29-26)13-14-33(21)22-7-11-31(12-8-22)24(18-34)19-3-5-23(35)6-4-19/h3-6,9-10,15-16,21-22,24,34-36H,2,7-8,11-14,17-18H2,1H3,(H,28,29)/t21?,24-/m0/s1. The lowest BCUT2D eigenvalue weighted by atomic mass is 9.95. The highest BCUT2D eigenvalue weighted by molar-refractivity contribution is 5.63. The van der Waals surface area contributed by atoms with E-state index < -0.39 is 0 Å².